The molecule has 0 atom stereocenters. The third-order valence-corrected chi connectivity index (χ3v) is 6.99. The zero-order valence-electron chi connectivity index (χ0n) is 12.0. The summed E-state index contributed by atoms with van der Waals surface area (Å²) in [5, 5.41) is 3.24. The molecule has 1 fully saturated rings. The summed E-state index contributed by atoms with van der Waals surface area (Å²) in [6, 6.07) is 3.36. The van der Waals surface area contributed by atoms with Crippen molar-refractivity contribution < 1.29 is 13.2 Å². The van der Waals surface area contributed by atoms with E-state index in [1.165, 1.54) is 6.07 Å². The van der Waals surface area contributed by atoms with E-state index in [2.05, 4.69) is 26.0 Å². The Morgan fingerprint density at radius 2 is 2.09 bits per heavy atom. The van der Waals surface area contributed by atoms with E-state index in [1.54, 1.807) is 18.0 Å². The van der Waals surface area contributed by atoms with Crippen LogP contribution in [0.3, 0.4) is 0 Å². The molecule has 2 N–H and O–H groups in total. The molecule has 1 saturated heterocycles. The Labute approximate surface area is 149 Å². The molecule has 126 valence electrons. The molecule has 1 aromatic rings. The summed E-state index contributed by atoms with van der Waals surface area (Å²) in [7, 11) is -1.89. The number of carbonyl (C=O) groups is 1. The van der Waals surface area contributed by atoms with Gasteiger partial charge in [-0.3, -0.25) is 4.79 Å². The van der Waals surface area contributed by atoms with Crippen LogP contribution in [0.25, 0.3) is 0 Å². The molecule has 2 rings (SSSR count). The third-order valence-electron chi connectivity index (χ3n) is 3.48. The average molecular weight is 433 g/mol. The van der Waals surface area contributed by atoms with E-state index in [9.17, 15) is 13.2 Å². The number of halogens is 2. The molecule has 1 aliphatic rings. The van der Waals surface area contributed by atoms with E-state index in [1.807, 2.05) is 0 Å². The van der Waals surface area contributed by atoms with E-state index in [-0.39, 0.29) is 35.1 Å². The van der Waals surface area contributed by atoms with Crippen LogP contribution < -0.4 is 10.0 Å². The summed E-state index contributed by atoms with van der Waals surface area (Å²) in [5.41, 5.74) is 0. The molecule has 1 aliphatic heterocycles. The van der Waals surface area contributed by atoms with Gasteiger partial charge < -0.3 is 10.2 Å². The zero-order valence-corrected chi connectivity index (χ0v) is 16.1. The lowest BCUT2D eigenvalue weighted by atomic mass is 10.1. The van der Waals surface area contributed by atoms with Gasteiger partial charge in [-0.05, 0) is 54.0 Å². The number of sulfonamides is 1. The second-order valence-electron chi connectivity index (χ2n) is 4.87. The van der Waals surface area contributed by atoms with Crippen LogP contribution in [0.5, 0.6) is 0 Å². The van der Waals surface area contributed by atoms with Crippen LogP contribution in [-0.2, 0) is 14.8 Å². The second-order valence-corrected chi connectivity index (χ2v) is 9.33. The van der Waals surface area contributed by atoms with Gasteiger partial charge in [0.15, 0.2) is 0 Å². The van der Waals surface area contributed by atoms with Crippen LogP contribution in [0.2, 0.25) is 0 Å². The molecule has 22 heavy (non-hydrogen) atoms. The molecular formula is C12H19BrClN3O3S2. The maximum Gasteiger partial charge on any atom is 0.250 e. The van der Waals surface area contributed by atoms with Crippen molar-refractivity contribution in [2.45, 2.75) is 23.1 Å². The number of carbonyl (C=O) groups excluding carboxylic acids is 1. The predicted octanol–water partition coefficient (Wildman–Crippen LogP) is 1.42. The van der Waals surface area contributed by atoms with Gasteiger partial charge in [0.05, 0.1) is 10.3 Å². The highest BCUT2D eigenvalue weighted by Crippen LogP contribution is 2.25. The Hall–Kier alpha value is -0.190. The molecule has 0 saturated carbocycles. The highest BCUT2D eigenvalue weighted by molar-refractivity contribution is 9.11. The lowest BCUT2D eigenvalue weighted by Gasteiger charge is -2.31. The number of likely N-dealkylation sites (N-methyl/N-ethyl adjacent to an activating group) is 1. The average Bonchev–Trinajstić information content (AvgIpc) is 2.92. The monoisotopic (exact) mass is 431 g/mol. The lowest BCUT2D eigenvalue weighted by Crippen LogP contribution is -2.47. The van der Waals surface area contributed by atoms with Crippen LogP contribution in [-0.4, -0.2) is 51.9 Å². The standard InChI is InChI=1S/C12H18BrN3O3S2.ClH/c1-16(9-4-6-14-7-5-9)11(17)8-15-21(18,19)12-3-2-10(13)20-12;/h2-3,9,14-15H,4-8H2,1H3;1H. The summed E-state index contributed by atoms with van der Waals surface area (Å²) in [6.45, 7) is 1.56. The highest BCUT2D eigenvalue weighted by atomic mass is 79.9. The SMILES string of the molecule is CN(C(=O)CNS(=O)(=O)c1ccc(Br)s1)C1CCNCC1.Cl. The van der Waals surface area contributed by atoms with Crippen molar-refractivity contribution >= 4 is 55.6 Å². The first kappa shape index (κ1) is 19.9. The molecule has 0 bridgehead atoms. The van der Waals surface area contributed by atoms with Gasteiger partial charge in [-0.1, -0.05) is 0 Å². The van der Waals surface area contributed by atoms with Crippen LogP contribution in [0.15, 0.2) is 20.1 Å². The fourth-order valence-electron chi connectivity index (χ4n) is 2.19. The number of hydrogen-bond donors (Lipinski definition) is 2. The molecule has 10 heteroatoms. The summed E-state index contributed by atoms with van der Waals surface area (Å²) in [4.78, 5) is 13.7. The molecule has 0 aliphatic carbocycles. The molecule has 0 radical (unpaired) electrons. The molecule has 2 heterocycles. The van der Waals surface area contributed by atoms with Crippen LogP contribution in [0, 0.1) is 0 Å². The van der Waals surface area contributed by atoms with Crippen LogP contribution in [0.4, 0.5) is 0 Å². The van der Waals surface area contributed by atoms with Crippen molar-refractivity contribution in [3.63, 3.8) is 0 Å². The van der Waals surface area contributed by atoms with Crippen molar-refractivity contribution in [2.75, 3.05) is 26.7 Å². The van der Waals surface area contributed by atoms with Gasteiger partial charge in [0.25, 0.3) is 10.0 Å². The Bertz CT molecular complexity index is 603. The molecule has 0 spiro atoms. The molecule has 0 aromatic carbocycles. The van der Waals surface area contributed by atoms with Crippen molar-refractivity contribution in [3.05, 3.63) is 15.9 Å². The Morgan fingerprint density at radius 1 is 1.45 bits per heavy atom. The van der Waals surface area contributed by atoms with Crippen LogP contribution >= 0.6 is 39.7 Å². The topological polar surface area (TPSA) is 78.5 Å². The van der Waals surface area contributed by atoms with E-state index in [0.717, 1.165) is 41.1 Å². The Kier molecular flexibility index (Phi) is 7.76. The normalized spacial score (nSPS) is 16.1. The van der Waals surface area contributed by atoms with Gasteiger partial charge >= 0.3 is 0 Å². The van der Waals surface area contributed by atoms with Gasteiger partial charge in [-0.15, -0.1) is 23.7 Å². The zero-order chi connectivity index (χ0) is 15.5. The highest BCUT2D eigenvalue weighted by Gasteiger charge is 2.24. The maximum atomic E-state index is 12.1. The maximum absolute atomic E-state index is 12.1. The summed E-state index contributed by atoms with van der Waals surface area (Å²) in [6.07, 6.45) is 1.79. The quantitative estimate of drug-likeness (QED) is 0.737. The van der Waals surface area contributed by atoms with Gasteiger partial charge in [-0.25, -0.2) is 13.1 Å². The van der Waals surface area contributed by atoms with Crippen molar-refractivity contribution in [1.29, 1.82) is 0 Å². The van der Waals surface area contributed by atoms with Gasteiger partial charge in [0.2, 0.25) is 5.91 Å². The fourth-order valence-corrected chi connectivity index (χ4v) is 5.22. The Morgan fingerprint density at radius 3 is 2.64 bits per heavy atom. The fraction of sp³-hybridized carbons (Fsp3) is 0.583. The number of nitrogens with zero attached hydrogens (tertiary/aromatic N) is 1. The Balaban J connectivity index is 0.00000242. The first-order valence-electron chi connectivity index (χ1n) is 6.61. The van der Waals surface area contributed by atoms with Gasteiger partial charge in [0, 0.05) is 13.1 Å². The smallest absolute Gasteiger partial charge is 0.250 e. The first-order chi connectivity index (χ1) is 9.90. The van der Waals surface area contributed by atoms with E-state index in [4.69, 9.17) is 0 Å². The van der Waals surface area contributed by atoms with Gasteiger partial charge in [-0.2, -0.15) is 0 Å². The minimum absolute atomic E-state index is 0. The molecule has 6 nitrogen and oxygen atoms in total. The minimum atomic E-state index is -3.62. The van der Waals surface area contributed by atoms with Crippen molar-refractivity contribution in [3.8, 4) is 0 Å². The molecule has 1 amide bonds. The van der Waals surface area contributed by atoms with Crippen molar-refractivity contribution in [1.82, 2.24) is 14.9 Å². The van der Waals surface area contributed by atoms with E-state index < -0.39 is 10.0 Å². The number of hydrogen-bond acceptors (Lipinski definition) is 5. The van der Waals surface area contributed by atoms with Crippen LogP contribution in [0.1, 0.15) is 12.8 Å². The van der Waals surface area contributed by atoms with Gasteiger partial charge in [0.1, 0.15) is 4.21 Å². The number of amides is 1. The lowest BCUT2D eigenvalue weighted by molar-refractivity contribution is -0.131. The summed E-state index contributed by atoms with van der Waals surface area (Å²) < 4.78 is 27.4. The number of nitrogens with one attached hydrogen (secondary N) is 2. The number of piperidine rings is 1. The molecule has 0 unspecified atom stereocenters. The van der Waals surface area contributed by atoms with Crippen molar-refractivity contribution in [2.24, 2.45) is 0 Å². The minimum Gasteiger partial charge on any atom is -0.342 e. The predicted molar refractivity (Wildman–Crippen MR) is 93.1 cm³/mol. The first-order valence-corrected chi connectivity index (χ1v) is 9.71. The summed E-state index contributed by atoms with van der Waals surface area (Å²) in [5.74, 6) is -0.207. The summed E-state index contributed by atoms with van der Waals surface area (Å²) >= 11 is 4.34. The molecule has 1 aromatic heterocycles. The van der Waals surface area contributed by atoms with E-state index >= 15 is 0 Å². The number of rotatable bonds is 5. The largest absolute Gasteiger partial charge is 0.342 e. The third kappa shape index (κ3) is 5.17. The van der Waals surface area contributed by atoms with E-state index in [0.29, 0.717) is 0 Å². The number of thiophene rings is 1. The molecular weight excluding hydrogens is 414 g/mol. The second kappa shape index (κ2) is 8.60.